The van der Waals surface area contributed by atoms with Gasteiger partial charge in [0.1, 0.15) is 0 Å². The Labute approximate surface area is 153 Å². The van der Waals surface area contributed by atoms with Gasteiger partial charge in [-0.15, -0.1) is 0 Å². The molecule has 1 heterocycles. The highest BCUT2D eigenvalue weighted by atomic mass is 16.2. The average molecular weight is 352 g/mol. The summed E-state index contributed by atoms with van der Waals surface area (Å²) in [5.41, 5.74) is 2.65. The second-order valence-corrected chi connectivity index (χ2v) is 6.71. The van der Waals surface area contributed by atoms with E-state index >= 15 is 0 Å². The average Bonchev–Trinajstić information content (AvgIpc) is 2.98. The minimum Gasteiger partial charge on any atom is -0.356 e. The zero-order valence-corrected chi connectivity index (χ0v) is 15.0. The Kier molecular flexibility index (Phi) is 5.41. The first-order valence-electron chi connectivity index (χ1n) is 8.80. The molecule has 1 unspecified atom stereocenters. The van der Waals surface area contributed by atoms with Gasteiger partial charge in [0.25, 0.3) is 0 Å². The molecule has 1 saturated heterocycles. The fourth-order valence-electron chi connectivity index (χ4n) is 3.00. The minimum absolute atomic E-state index is 0.0849. The lowest BCUT2D eigenvalue weighted by Crippen LogP contribution is -2.40. The molecule has 136 valence electrons. The Balaban J connectivity index is 1.51. The number of rotatable bonds is 5. The highest BCUT2D eigenvalue weighted by molar-refractivity contribution is 5.90. The molecule has 0 aromatic heterocycles. The Morgan fingerprint density at radius 2 is 1.62 bits per heavy atom. The van der Waals surface area contributed by atoms with Gasteiger partial charge in [0, 0.05) is 36.1 Å². The van der Waals surface area contributed by atoms with Crippen LogP contribution in [0.4, 0.5) is 21.9 Å². The van der Waals surface area contributed by atoms with Crippen molar-refractivity contribution in [2.75, 3.05) is 17.2 Å². The monoisotopic (exact) mass is 352 g/mol. The molecule has 3 N–H and O–H groups in total. The van der Waals surface area contributed by atoms with Crippen molar-refractivity contribution in [1.29, 1.82) is 0 Å². The number of nitrogens with one attached hydrogen (secondary N) is 3. The van der Waals surface area contributed by atoms with Gasteiger partial charge >= 0.3 is 6.03 Å². The summed E-state index contributed by atoms with van der Waals surface area (Å²) in [5.74, 6) is 0.0849. The minimum atomic E-state index is -0.294. The van der Waals surface area contributed by atoms with Gasteiger partial charge in [0.05, 0.1) is 6.04 Å². The second kappa shape index (κ2) is 7.91. The zero-order chi connectivity index (χ0) is 18.5. The summed E-state index contributed by atoms with van der Waals surface area (Å²) in [5, 5.41) is 8.97. The van der Waals surface area contributed by atoms with Gasteiger partial charge in [0.2, 0.25) is 5.91 Å². The number of carbonyl (C=O) groups excluding carboxylic acids is 2. The molecule has 1 aliphatic rings. The zero-order valence-electron chi connectivity index (χ0n) is 15.0. The van der Waals surface area contributed by atoms with Crippen molar-refractivity contribution in [3.63, 3.8) is 0 Å². The van der Waals surface area contributed by atoms with Crippen LogP contribution in [0.3, 0.4) is 0 Å². The molecule has 0 spiro atoms. The lowest BCUT2D eigenvalue weighted by atomic mass is 10.2. The van der Waals surface area contributed by atoms with Gasteiger partial charge in [0.15, 0.2) is 0 Å². The summed E-state index contributed by atoms with van der Waals surface area (Å²) in [4.78, 5) is 25.8. The summed E-state index contributed by atoms with van der Waals surface area (Å²) < 4.78 is 0. The maximum atomic E-state index is 12.2. The SMILES string of the molecule is CC(C)N1CC(NC(=O)Nc2ccc(Nc3ccccc3)cc2)CC1=O. The van der Waals surface area contributed by atoms with Crippen LogP contribution in [0.5, 0.6) is 0 Å². The largest absolute Gasteiger partial charge is 0.356 e. The third-order valence-electron chi connectivity index (χ3n) is 4.32. The van der Waals surface area contributed by atoms with Gasteiger partial charge in [-0.3, -0.25) is 4.79 Å². The Hall–Kier alpha value is -3.02. The maximum Gasteiger partial charge on any atom is 0.319 e. The lowest BCUT2D eigenvalue weighted by Gasteiger charge is -2.21. The number of anilines is 3. The van der Waals surface area contributed by atoms with E-state index in [9.17, 15) is 9.59 Å². The van der Waals surface area contributed by atoms with Crippen molar-refractivity contribution in [2.24, 2.45) is 0 Å². The predicted molar refractivity (Wildman–Crippen MR) is 104 cm³/mol. The van der Waals surface area contributed by atoms with E-state index in [2.05, 4.69) is 16.0 Å². The fourth-order valence-corrected chi connectivity index (χ4v) is 3.00. The van der Waals surface area contributed by atoms with Crippen molar-refractivity contribution in [2.45, 2.75) is 32.4 Å². The molecule has 3 rings (SSSR count). The van der Waals surface area contributed by atoms with Crippen molar-refractivity contribution in [3.05, 3.63) is 54.6 Å². The third kappa shape index (κ3) is 4.53. The molecule has 0 aliphatic carbocycles. The molecular formula is C20H24N4O2. The molecule has 1 atom stereocenters. The van der Waals surface area contributed by atoms with Crippen molar-refractivity contribution < 1.29 is 9.59 Å². The number of benzene rings is 2. The van der Waals surface area contributed by atoms with E-state index < -0.39 is 0 Å². The van der Waals surface area contributed by atoms with E-state index in [0.29, 0.717) is 18.7 Å². The summed E-state index contributed by atoms with van der Waals surface area (Å²) >= 11 is 0. The van der Waals surface area contributed by atoms with Gasteiger partial charge in [-0.1, -0.05) is 18.2 Å². The molecule has 1 aliphatic heterocycles. The molecule has 26 heavy (non-hydrogen) atoms. The lowest BCUT2D eigenvalue weighted by molar-refractivity contribution is -0.129. The number of carbonyl (C=O) groups is 2. The molecule has 0 bridgehead atoms. The van der Waals surface area contributed by atoms with Crippen LogP contribution in [-0.2, 0) is 4.79 Å². The topological polar surface area (TPSA) is 73.5 Å². The van der Waals surface area contributed by atoms with Crippen molar-refractivity contribution in [1.82, 2.24) is 10.2 Å². The van der Waals surface area contributed by atoms with Crippen LogP contribution in [0.15, 0.2) is 54.6 Å². The Bertz CT molecular complexity index is 759. The van der Waals surface area contributed by atoms with E-state index in [1.54, 1.807) is 4.90 Å². The first kappa shape index (κ1) is 17.8. The molecule has 6 nitrogen and oxygen atoms in total. The van der Waals surface area contributed by atoms with Crippen LogP contribution >= 0.6 is 0 Å². The van der Waals surface area contributed by atoms with Gasteiger partial charge in [-0.05, 0) is 50.2 Å². The highest BCUT2D eigenvalue weighted by Gasteiger charge is 2.31. The van der Waals surface area contributed by atoms with Crippen LogP contribution in [0.1, 0.15) is 20.3 Å². The van der Waals surface area contributed by atoms with Gasteiger partial charge in [-0.25, -0.2) is 4.79 Å². The third-order valence-corrected chi connectivity index (χ3v) is 4.32. The van der Waals surface area contributed by atoms with E-state index in [0.717, 1.165) is 11.4 Å². The smallest absolute Gasteiger partial charge is 0.319 e. The second-order valence-electron chi connectivity index (χ2n) is 6.71. The summed E-state index contributed by atoms with van der Waals surface area (Å²) in [6.45, 7) is 4.51. The number of nitrogens with zero attached hydrogens (tertiary/aromatic N) is 1. The first-order chi connectivity index (χ1) is 12.5. The van der Waals surface area contributed by atoms with Crippen LogP contribution in [0, 0.1) is 0 Å². The van der Waals surface area contributed by atoms with Crippen LogP contribution in [0.25, 0.3) is 0 Å². The van der Waals surface area contributed by atoms with Crippen molar-refractivity contribution >= 4 is 29.0 Å². The van der Waals surface area contributed by atoms with Gasteiger partial charge in [-0.2, -0.15) is 0 Å². The molecule has 3 amide bonds. The van der Waals surface area contributed by atoms with Crippen LogP contribution in [-0.4, -0.2) is 35.5 Å². The van der Waals surface area contributed by atoms with E-state index in [4.69, 9.17) is 0 Å². The molecule has 2 aromatic rings. The molecule has 1 fully saturated rings. The standard InChI is InChI=1S/C20H24N4O2/c1-14(2)24-13-18(12-19(24)25)23-20(26)22-17-10-8-16(9-11-17)21-15-6-4-3-5-7-15/h3-11,14,18,21H,12-13H2,1-2H3,(H2,22,23,26). The van der Waals surface area contributed by atoms with E-state index in [1.165, 1.54) is 0 Å². The maximum absolute atomic E-state index is 12.2. The number of para-hydroxylation sites is 1. The molecular weight excluding hydrogens is 328 g/mol. The van der Waals surface area contributed by atoms with Gasteiger partial charge < -0.3 is 20.9 Å². The fraction of sp³-hybridized carbons (Fsp3) is 0.300. The number of hydrogen-bond acceptors (Lipinski definition) is 3. The summed E-state index contributed by atoms with van der Waals surface area (Å²) in [6, 6.07) is 17.1. The Morgan fingerprint density at radius 3 is 2.23 bits per heavy atom. The first-order valence-corrected chi connectivity index (χ1v) is 8.80. The number of likely N-dealkylation sites (tertiary alicyclic amines) is 1. The van der Waals surface area contributed by atoms with Crippen LogP contribution in [0.2, 0.25) is 0 Å². The Morgan fingerprint density at radius 1 is 1.00 bits per heavy atom. The van der Waals surface area contributed by atoms with E-state index in [1.807, 2.05) is 68.4 Å². The number of amides is 3. The normalized spacial score (nSPS) is 16.7. The molecule has 2 aromatic carbocycles. The quantitative estimate of drug-likeness (QED) is 0.770. The number of hydrogen-bond donors (Lipinski definition) is 3. The molecule has 6 heteroatoms. The molecule has 0 saturated carbocycles. The van der Waals surface area contributed by atoms with Crippen LogP contribution < -0.4 is 16.0 Å². The summed E-state index contributed by atoms with van der Waals surface area (Å²) in [6.07, 6.45) is 0.353. The van der Waals surface area contributed by atoms with E-state index in [-0.39, 0.29) is 24.0 Å². The van der Waals surface area contributed by atoms with Crippen molar-refractivity contribution in [3.8, 4) is 0 Å². The summed E-state index contributed by atoms with van der Waals surface area (Å²) in [7, 11) is 0. The highest BCUT2D eigenvalue weighted by Crippen LogP contribution is 2.19. The predicted octanol–water partition coefficient (Wildman–Crippen LogP) is 3.56. The number of urea groups is 1. The molecule has 0 radical (unpaired) electrons.